The predicted molar refractivity (Wildman–Crippen MR) is 74.2 cm³/mol. The van der Waals surface area contributed by atoms with Gasteiger partial charge in [0.15, 0.2) is 0 Å². The van der Waals surface area contributed by atoms with E-state index in [9.17, 15) is 13.8 Å². The van der Waals surface area contributed by atoms with Crippen molar-refractivity contribution in [2.24, 2.45) is 0 Å². The normalized spacial score (nSPS) is 13.5. The first-order valence-corrected chi connectivity index (χ1v) is 7.26. The van der Waals surface area contributed by atoms with E-state index in [1.165, 1.54) is 19.2 Å². The van der Waals surface area contributed by atoms with E-state index in [1.807, 2.05) is 0 Å². The second kappa shape index (κ2) is 7.76. The summed E-state index contributed by atoms with van der Waals surface area (Å²) in [5, 5.41) is 11.6. The van der Waals surface area contributed by atoms with Crippen molar-refractivity contribution in [2.45, 2.75) is 17.9 Å². The lowest BCUT2D eigenvalue weighted by atomic mass is 10.2. The summed E-state index contributed by atoms with van der Waals surface area (Å²) >= 11 is 0. The topological polar surface area (TPSA) is 92.7 Å². The van der Waals surface area contributed by atoms with Gasteiger partial charge >= 0.3 is 5.97 Å². The van der Waals surface area contributed by atoms with Gasteiger partial charge in [-0.05, 0) is 19.1 Å². The number of amides is 1. The standard InChI is InChI=1S/C13H17NO5S/c1-9(7-19-2)14-12(15)8-20(18)11-6-4-3-5-10(11)13(16)17/h3-6,9H,7-8H2,1-2H3,(H,14,15)(H,16,17). The molecule has 2 atom stereocenters. The van der Waals surface area contributed by atoms with Gasteiger partial charge in [-0.3, -0.25) is 9.00 Å². The number of carboxylic acids is 1. The van der Waals surface area contributed by atoms with E-state index in [0.717, 1.165) is 0 Å². The second-order valence-corrected chi connectivity index (χ2v) is 5.63. The molecule has 1 amide bonds. The van der Waals surface area contributed by atoms with Crippen molar-refractivity contribution in [3.8, 4) is 0 Å². The minimum absolute atomic E-state index is 0.0522. The number of methoxy groups -OCH3 is 1. The Hall–Kier alpha value is -1.73. The SMILES string of the molecule is COCC(C)NC(=O)CS(=O)c1ccccc1C(=O)O. The Kier molecular flexibility index (Phi) is 6.33. The highest BCUT2D eigenvalue weighted by Gasteiger charge is 2.18. The fourth-order valence-corrected chi connectivity index (χ4v) is 2.75. The Bertz CT molecular complexity index is 517. The maximum Gasteiger partial charge on any atom is 0.336 e. The Morgan fingerprint density at radius 2 is 2.05 bits per heavy atom. The van der Waals surface area contributed by atoms with Crippen molar-refractivity contribution in [1.29, 1.82) is 0 Å². The van der Waals surface area contributed by atoms with Crippen molar-refractivity contribution in [3.63, 3.8) is 0 Å². The lowest BCUT2D eigenvalue weighted by molar-refractivity contribution is -0.119. The van der Waals surface area contributed by atoms with Gasteiger partial charge in [-0.25, -0.2) is 4.79 Å². The fraction of sp³-hybridized carbons (Fsp3) is 0.385. The van der Waals surface area contributed by atoms with Gasteiger partial charge in [0.2, 0.25) is 5.91 Å². The van der Waals surface area contributed by atoms with Gasteiger partial charge in [0.25, 0.3) is 0 Å². The van der Waals surface area contributed by atoms with Gasteiger partial charge in [0.05, 0.1) is 27.9 Å². The molecule has 0 heterocycles. The summed E-state index contributed by atoms with van der Waals surface area (Å²) in [7, 11) is -0.182. The molecule has 0 spiro atoms. The average Bonchev–Trinajstić information content (AvgIpc) is 2.38. The molecule has 0 aliphatic rings. The van der Waals surface area contributed by atoms with E-state index in [2.05, 4.69) is 5.32 Å². The van der Waals surface area contributed by atoms with Crippen LogP contribution in [0.5, 0.6) is 0 Å². The second-order valence-electron chi connectivity index (χ2n) is 4.22. The van der Waals surface area contributed by atoms with E-state index >= 15 is 0 Å². The number of hydrogen-bond acceptors (Lipinski definition) is 4. The van der Waals surface area contributed by atoms with E-state index in [1.54, 1.807) is 19.1 Å². The van der Waals surface area contributed by atoms with Crippen LogP contribution in [0.4, 0.5) is 0 Å². The number of carboxylic acid groups (broad SMARTS) is 1. The van der Waals surface area contributed by atoms with E-state index in [0.29, 0.717) is 6.61 Å². The molecule has 0 bridgehead atoms. The number of carbonyl (C=O) groups excluding carboxylic acids is 1. The zero-order chi connectivity index (χ0) is 15.1. The third-order valence-corrected chi connectivity index (χ3v) is 3.82. The third-order valence-electron chi connectivity index (χ3n) is 2.45. The molecular formula is C13H17NO5S. The van der Waals surface area contributed by atoms with Crippen LogP contribution in [-0.2, 0) is 20.3 Å². The highest BCUT2D eigenvalue weighted by atomic mass is 32.2. The molecular weight excluding hydrogens is 282 g/mol. The predicted octanol–water partition coefficient (Wildman–Crippen LogP) is 0.643. The number of hydrogen-bond donors (Lipinski definition) is 2. The minimum atomic E-state index is -1.70. The van der Waals surface area contributed by atoms with E-state index in [-0.39, 0.29) is 22.3 Å². The molecule has 0 fully saturated rings. The van der Waals surface area contributed by atoms with Crippen LogP contribution >= 0.6 is 0 Å². The number of carbonyl (C=O) groups is 2. The van der Waals surface area contributed by atoms with Crippen LogP contribution in [0.3, 0.4) is 0 Å². The number of aromatic carboxylic acids is 1. The van der Waals surface area contributed by atoms with Crippen molar-refractivity contribution in [3.05, 3.63) is 29.8 Å². The molecule has 2 unspecified atom stereocenters. The quantitative estimate of drug-likeness (QED) is 0.771. The van der Waals surface area contributed by atoms with E-state index < -0.39 is 22.7 Å². The highest BCUT2D eigenvalue weighted by Crippen LogP contribution is 2.13. The minimum Gasteiger partial charge on any atom is -0.478 e. The van der Waals surface area contributed by atoms with Crippen molar-refractivity contribution < 1.29 is 23.6 Å². The summed E-state index contributed by atoms with van der Waals surface area (Å²) in [6, 6.07) is 5.75. The molecule has 0 saturated heterocycles. The fourth-order valence-electron chi connectivity index (χ4n) is 1.65. The molecule has 20 heavy (non-hydrogen) atoms. The zero-order valence-corrected chi connectivity index (χ0v) is 12.1. The summed E-state index contributed by atoms with van der Waals surface area (Å²) in [5.41, 5.74) is -0.0522. The molecule has 0 saturated carbocycles. The molecule has 7 heteroatoms. The Morgan fingerprint density at radius 3 is 2.65 bits per heavy atom. The Labute approximate surface area is 119 Å². The first kappa shape index (κ1) is 16.3. The van der Waals surface area contributed by atoms with Crippen LogP contribution in [0.25, 0.3) is 0 Å². The van der Waals surface area contributed by atoms with Gasteiger partial charge in [0.1, 0.15) is 5.75 Å². The molecule has 1 aromatic carbocycles. The monoisotopic (exact) mass is 299 g/mol. The molecule has 0 radical (unpaired) electrons. The molecule has 110 valence electrons. The summed E-state index contributed by atoms with van der Waals surface area (Å²) in [4.78, 5) is 22.9. The van der Waals surface area contributed by atoms with Crippen LogP contribution < -0.4 is 5.32 Å². The van der Waals surface area contributed by atoms with Gasteiger partial charge in [-0.2, -0.15) is 0 Å². The number of ether oxygens (including phenoxy) is 1. The van der Waals surface area contributed by atoms with Crippen molar-refractivity contribution in [2.75, 3.05) is 19.5 Å². The number of rotatable bonds is 7. The van der Waals surface area contributed by atoms with Crippen molar-refractivity contribution in [1.82, 2.24) is 5.32 Å². The van der Waals surface area contributed by atoms with Gasteiger partial charge in [-0.15, -0.1) is 0 Å². The molecule has 0 aromatic heterocycles. The van der Waals surface area contributed by atoms with Crippen LogP contribution in [0.15, 0.2) is 29.2 Å². The molecule has 0 aliphatic heterocycles. The van der Waals surface area contributed by atoms with Crippen LogP contribution in [0.2, 0.25) is 0 Å². The summed E-state index contributed by atoms with van der Waals surface area (Å²) < 4.78 is 17.0. The average molecular weight is 299 g/mol. The Morgan fingerprint density at radius 1 is 1.40 bits per heavy atom. The summed E-state index contributed by atoms with van der Waals surface area (Å²) in [6.07, 6.45) is 0. The maximum absolute atomic E-state index is 12.1. The highest BCUT2D eigenvalue weighted by molar-refractivity contribution is 7.85. The smallest absolute Gasteiger partial charge is 0.336 e. The molecule has 2 N–H and O–H groups in total. The van der Waals surface area contributed by atoms with E-state index in [4.69, 9.17) is 9.84 Å². The molecule has 1 aromatic rings. The lowest BCUT2D eigenvalue weighted by Crippen LogP contribution is -2.38. The van der Waals surface area contributed by atoms with Gasteiger partial charge in [-0.1, -0.05) is 12.1 Å². The zero-order valence-electron chi connectivity index (χ0n) is 11.3. The van der Waals surface area contributed by atoms with Gasteiger partial charge < -0.3 is 15.2 Å². The molecule has 6 nitrogen and oxygen atoms in total. The molecule has 1 rings (SSSR count). The number of benzene rings is 1. The maximum atomic E-state index is 12.1. The van der Waals surface area contributed by atoms with Crippen LogP contribution in [0.1, 0.15) is 17.3 Å². The number of nitrogens with one attached hydrogen (secondary N) is 1. The first-order chi connectivity index (χ1) is 9.45. The third kappa shape index (κ3) is 4.75. The largest absolute Gasteiger partial charge is 0.478 e. The summed E-state index contributed by atoms with van der Waals surface area (Å²) in [5.74, 6) is -1.85. The summed E-state index contributed by atoms with van der Waals surface area (Å²) in [6.45, 7) is 2.11. The Balaban J connectivity index is 2.72. The van der Waals surface area contributed by atoms with Crippen molar-refractivity contribution >= 4 is 22.7 Å². The lowest BCUT2D eigenvalue weighted by Gasteiger charge is -2.12. The first-order valence-electron chi connectivity index (χ1n) is 5.94. The molecule has 0 aliphatic carbocycles. The van der Waals surface area contributed by atoms with Crippen LogP contribution in [0, 0.1) is 0 Å². The van der Waals surface area contributed by atoms with Crippen LogP contribution in [-0.4, -0.2) is 46.7 Å². The van der Waals surface area contributed by atoms with Gasteiger partial charge in [0, 0.05) is 13.2 Å².